The Labute approximate surface area is 405 Å². The predicted molar refractivity (Wildman–Crippen MR) is 299 cm³/mol. The molecular weight excluding hydrogens is 781 g/mol. The molecule has 0 spiro atoms. The van der Waals surface area contributed by atoms with E-state index < -0.39 is 0 Å². The van der Waals surface area contributed by atoms with Crippen molar-refractivity contribution in [2.24, 2.45) is 23.7 Å². The number of para-hydroxylation sites is 2. The molecule has 2 aromatic carbocycles. The highest BCUT2D eigenvalue weighted by atomic mass is 15.3. The van der Waals surface area contributed by atoms with Crippen molar-refractivity contribution in [3.05, 3.63) is 59.7 Å². The minimum absolute atomic E-state index is 0.686. The summed E-state index contributed by atoms with van der Waals surface area (Å²) >= 11 is 0. The van der Waals surface area contributed by atoms with Crippen LogP contribution in [-0.4, -0.2) is 124 Å². The van der Waals surface area contributed by atoms with Crippen LogP contribution in [0.3, 0.4) is 0 Å². The quantitative estimate of drug-likeness (QED) is 0.261. The van der Waals surface area contributed by atoms with E-state index in [0.717, 1.165) is 88.1 Å². The van der Waals surface area contributed by atoms with Gasteiger partial charge in [0.1, 0.15) is 0 Å². The number of hydrogen-bond donors (Lipinski definition) is 0. The van der Waals surface area contributed by atoms with E-state index in [1.807, 2.05) is 55.4 Å². The number of rotatable bonds is 8. The van der Waals surface area contributed by atoms with Gasteiger partial charge in [-0.1, -0.05) is 189 Å². The fraction of sp³-hybridized carbons (Fsp3) is 0.793. The number of anilines is 2. The van der Waals surface area contributed by atoms with Gasteiger partial charge in [-0.3, -0.25) is 0 Å². The molecule has 0 aliphatic carbocycles. The third-order valence-electron chi connectivity index (χ3n) is 14.5. The molecule has 0 unspecified atom stereocenters. The van der Waals surface area contributed by atoms with Crippen molar-refractivity contribution in [1.82, 2.24) is 19.6 Å². The third kappa shape index (κ3) is 20.8. The highest BCUT2D eigenvalue weighted by molar-refractivity contribution is 5.65. The molecule has 0 radical (unpaired) electrons. The predicted octanol–water partition coefficient (Wildman–Crippen LogP) is 15.2. The first-order valence-electron chi connectivity index (χ1n) is 27.0. The lowest BCUT2D eigenvalue weighted by molar-refractivity contribution is 0.373. The molecule has 6 heteroatoms. The summed E-state index contributed by atoms with van der Waals surface area (Å²) in [7, 11) is 8.44. The van der Waals surface area contributed by atoms with E-state index in [-0.39, 0.29) is 0 Å². The number of benzene rings is 2. The maximum Gasteiger partial charge on any atom is 0.0407 e. The van der Waals surface area contributed by atoms with Crippen LogP contribution < -0.4 is 9.80 Å². The maximum absolute atomic E-state index is 2.68. The second-order valence-corrected chi connectivity index (χ2v) is 17.4. The SMILES string of the molecule is CC.CC.CC.CC.CCN(C)CC.CCN(C)CC.CCN(C)CC.CCN(C)CC.C[C@@H]1[C@H](C)[C@H](C)N2c3ccccc3[C@H](C)[C@H]12.C[C@@H]1[C@H](C)[C@H](C)N2c3ccccc3[C@H](C)[C@H]12. The lowest BCUT2D eigenvalue weighted by atomic mass is 9.83. The summed E-state index contributed by atoms with van der Waals surface area (Å²) in [5.74, 6) is 4.61. The second-order valence-electron chi connectivity index (χ2n) is 17.4. The summed E-state index contributed by atoms with van der Waals surface area (Å²) < 4.78 is 0. The lowest BCUT2D eigenvalue weighted by Gasteiger charge is -2.27. The van der Waals surface area contributed by atoms with Crippen LogP contribution in [0.25, 0.3) is 0 Å². The Kier molecular flexibility index (Phi) is 42.8. The van der Waals surface area contributed by atoms with Crippen LogP contribution in [0.2, 0.25) is 0 Å². The fourth-order valence-electron chi connectivity index (χ4n) is 8.69. The average molecular weight is 900 g/mol. The normalized spacial score (nSPS) is 24.6. The Morgan fingerprint density at radius 2 is 0.547 bits per heavy atom. The van der Waals surface area contributed by atoms with Gasteiger partial charge in [-0.25, -0.2) is 0 Å². The van der Waals surface area contributed by atoms with Gasteiger partial charge in [-0.05, 0) is 141 Å². The third-order valence-corrected chi connectivity index (χ3v) is 14.5. The molecule has 4 heterocycles. The van der Waals surface area contributed by atoms with E-state index in [2.05, 4.69) is 217 Å². The van der Waals surface area contributed by atoms with Crippen molar-refractivity contribution in [2.45, 2.75) is 202 Å². The van der Waals surface area contributed by atoms with Crippen LogP contribution in [-0.2, 0) is 0 Å². The summed E-state index contributed by atoms with van der Waals surface area (Å²) in [6, 6.07) is 20.7. The first kappa shape index (κ1) is 68.5. The molecule has 10 atom stereocenters. The van der Waals surface area contributed by atoms with Gasteiger partial charge in [0.05, 0.1) is 0 Å². The molecule has 380 valence electrons. The van der Waals surface area contributed by atoms with E-state index in [1.165, 1.54) is 11.4 Å². The van der Waals surface area contributed by atoms with E-state index in [4.69, 9.17) is 0 Å². The first-order valence-corrected chi connectivity index (χ1v) is 27.0. The zero-order valence-corrected chi connectivity index (χ0v) is 48.7. The highest BCUT2D eigenvalue weighted by Crippen LogP contribution is 2.52. The standard InChI is InChI=1S/2C15H21N.4C5H13N.4C2H6/c2*1-9-10(2)15-11(3)13-7-5-6-8-14(13)16(15)12(9)4;4*1-4-6(3)5-2;4*1-2/h2*5-12,15H,1-4H3;4*4-5H2,1-3H3;4*1-2H3/t2*9-,10+,11-,12-,15-;;;;;;;;/m00......../s1. The van der Waals surface area contributed by atoms with Crippen molar-refractivity contribution >= 4 is 11.4 Å². The van der Waals surface area contributed by atoms with Gasteiger partial charge < -0.3 is 29.4 Å². The maximum atomic E-state index is 2.68. The van der Waals surface area contributed by atoms with E-state index in [0.29, 0.717) is 23.9 Å². The van der Waals surface area contributed by atoms with Gasteiger partial charge in [0, 0.05) is 47.4 Å². The molecule has 0 amide bonds. The van der Waals surface area contributed by atoms with Gasteiger partial charge in [-0.2, -0.15) is 0 Å². The van der Waals surface area contributed by atoms with E-state index >= 15 is 0 Å². The van der Waals surface area contributed by atoms with Crippen LogP contribution in [0.15, 0.2) is 48.5 Å². The van der Waals surface area contributed by atoms with Gasteiger partial charge in [0.15, 0.2) is 0 Å². The number of fused-ring (bicyclic) bond motifs is 6. The van der Waals surface area contributed by atoms with Crippen LogP contribution in [0.1, 0.15) is 189 Å². The summed E-state index contributed by atoms with van der Waals surface area (Å²) in [6.45, 7) is 61.8. The molecule has 2 saturated heterocycles. The minimum atomic E-state index is 0.686. The van der Waals surface area contributed by atoms with Crippen molar-refractivity contribution in [1.29, 1.82) is 0 Å². The van der Waals surface area contributed by atoms with Crippen LogP contribution in [0.5, 0.6) is 0 Å². The molecule has 6 rings (SSSR count). The van der Waals surface area contributed by atoms with Gasteiger partial charge in [0.2, 0.25) is 0 Å². The molecule has 0 saturated carbocycles. The Hall–Kier alpha value is -2.12. The number of nitrogens with zero attached hydrogens (tertiary/aromatic N) is 6. The Morgan fingerprint density at radius 1 is 0.344 bits per heavy atom. The molecule has 2 fully saturated rings. The van der Waals surface area contributed by atoms with Gasteiger partial charge in [0.25, 0.3) is 0 Å². The molecular formula is C58H118N6. The van der Waals surface area contributed by atoms with Crippen LogP contribution in [0, 0.1) is 23.7 Å². The largest absolute Gasteiger partial charge is 0.364 e. The molecule has 4 aliphatic heterocycles. The topological polar surface area (TPSA) is 19.4 Å². The Morgan fingerprint density at radius 3 is 0.734 bits per heavy atom. The van der Waals surface area contributed by atoms with Crippen molar-refractivity contribution < 1.29 is 0 Å². The van der Waals surface area contributed by atoms with Crippen molar-refractivity contribution in [3.8, 4) is 0 Å². The van der Waals surface area contributed by atoms with E-state index in [9.17, 15) is 0 Å². The summed E-state index contributed by atoms with van der Waals surface area (Å²) in [5, 5.41) is 0. The summed E-state index contributed by atoms with van der Waals surface area (Å²) in [5.41, 5.74) is 6.09. The molecule has 4 aliphatic rings. The van der Waals surface area contributed by atoms with Gasteiger partial charge in [-0.15, -0.1) is 0 Å². The van der Waals surface area contributed by atoms with Crippen LogP contribution in [0.4, 0.5) is 11.4 Å². The Bertz CT molecular complexity index is 1180. The summed E-state index contributed by atoms with van der Waals surface area (Å²) in [4.78, 5) is 14.4. The molecule has 0 bridgehead atoms. The zero-order valence-electron chi connectivity index (χ0n) is 48.7. The summed E-state index contributed by atoms with van der Waals surface area (Å²) in [6.07, 6.45) is 0. The molecule has 6 nitrogen and oxygen atoms in total. The second kappa shape index (κ2) is 40.0. The molecule has 2 aromatic rings. The molecule has 0 aromatic heterocycles. The van der Waals surface area contributed by atoms with Crippen molar-refractivity contribution in [3.63, 3.8) is 0 Å². The smallest absolute Gasteiger partial charge is 0.0407 e. The minimum Gasteiger partial charge on any atom is -0.364 e. The first-order chi connectivity index (χ1) is 30.5. The lowest BCUT2D eigenvalue weighted by Crippen LogP contribution is -2.34. The zero-order chi connectivity index (χ0) is 50.9. The van der Waals surface area contributed by atoms with Gasteiger partial charge >= 0.3 is 0 Å². The molecule has 0 N–H and O–H groups in total. The highest BCUT2D eigenvalue weighted by Gasteiger charge is 2.50. The average Bonchev–Trinajstić information content (AvgIpc) is 3.99. The van der Waals surface area contributed by atoms with Crippen LogP contribution >= 0.6 is 0 Å². The monoisotopic (exact) mass is 899 g/mol. The fourth-order valence-corrected chi connectivity index (χ4v) is 8.69. The number of hydrogen-bond acceptors (Lipinski definition) is 6. The molecule has 64 heavy (non-hydrogen) atoms. The Balaban J connectivity index is -0.000000348. The van der Waals surface area contributed by atoms with E-state index in [1.54, 1.807) is 11.1 Å². The van der Waals surface area contributed by atoms with Crippen molar-refractivity contribution in [2.75, 3.05) is 90.3 Å².